The Kier molecular flexibility index (Phi) is 7.49. The van der Waals surface area contributed by atoms with E-state index in [9.17, 15) is 19.7 Å². The number of amides is 2. The fraction of sp³-hybridized carbons (Fsp3) is 0.0800. The van der Waals surface area contributed by atoms with E-state index in [-0.39, 0.29) is 43.4 Å². The third kappa shape index (κ3) is 5.59. The first-order chi connectivity index (χ1) is 17.5. The summed E-state index contributed by atoms with van der Waals surface area (Å²) in [6, 6.07) is 15.4. The Balaban J connectivity index is 1.76. The van der Waals surface area contributed by atoms with Gasteiger partial charge in [0.25, 0.3) is 17.5 Å². The van der Waals surface area contributed by atoms with Crippen LogP contribution in [-0.2, 0) is 4.79 Å². The van der Waals surface area contributed by atoms with Gasteiger partial charge in [0.05, 0.1) is 20.5 Å². The molecule has 0 atom stereocenters. The maximum Gasteiger partial charge on any atom is 0.282 e. The number of nitro groups is 1. The molecule has 1 N–H and O–H groups in total. The van der Waals surface area contributed by atoms with Crippen molar-refractivity contribution in [3.8, 4) is 0 Å². The fourth-order valence-corrected chi connectivity index (χ4v) is 4.48. The number of hydrogen-bond acceptors (Lipinski definition) is 6. The number of carbonyl (C=O) groups is 2. The molecule has 188 valence electrons. The molecule has 0 aliphatic carbocycles. The number of nitrogens with one attached hydrogen (secondary N) is 1. The smallest absolute Gasteiger partial charge is 0.282 e. The molecular weight excluding hydrogens is 541 g/mol. The van der Waals surface area contributed by atoms with Crippen LogP contribution in [0.5, 0.6) is 0 Å². The number of non-ortho nitro benzene ring substituents is 1. The SMILES string of the molecule is CN(C)c1ccc(/C=C2/C(=O)N(c3c(Cl)cc(Cl)cc3Cl)N=C2NC(=O)c2cccc([N+](=O)[O-])c2)cc1. The standard InChI is InChI=1S/C25H18Cl3N5O4/c1-31(2)17-8-6-14(7-9-17)10-19-23(29-24(34)15-4-3-5-18(11-15)33(36)37)30-32(25(19)35)22-20(27)12-16(26)13-21(22)28/h3-13H,1-2H3,(H,29,30,34)/b19-10+. The van der Waals surface area contributed by atoms with Crippen LogP contribution < -0.4 is 15.2 Å². The highest BCUT2D eigenvalue weighted by molar-refractivity contribution is 6.44. The number of rotatable bonds is 5. The first-order valence-corrected chi connectivity index (χ1v) is 11.8. The van der Waals surface area contributed by atoms with Crippen LogP contribution in [0, 0.1) is 10.1 Å². The summed E-state index contributed by atoms with van der Waals surface area (Å²) < 4.78 is 0. The number of anilines is 2. The minimum absolute atomic E-state index is 0.0139. The molecule has 0 unspecified atom stereocenters. The number of nitrogens with zero attached hydrogens (tertiary/aromatic N) is 4. The van der Waals surface area contributed by atoms with Gasteiger partial charge < -0.3 is 10.2 Å². The largest absolute Gasteiger partial charge is 0.378 e. The van der Waals surface area contributed by atoms with Crippen molar-refractivity contribution in [2.24, 2.45) is 5.10 Å². The molecule has 12 heteroatoms. The highest BCUT2D eigenvalue weighted by Crippen LogP contribution is 2.39. The Hall–Kier alpha value is -3.92. The normalized spacial score (nSPS) is 14.1. The summed E-state index contributed by atoms with van der Waals surface area (Å²) >= 11 is 18.7. The lowest BCUT2D eigenvalue weighted by atomic mass is 10.1. The van der Waals surface area contributed by atoms with Gasteiger partial charge >= 0.3 is 0 Å². The van der Waals surface area contributed by atoms with Crippen LogP contribution >= 0.6 is 34.8 Å². The minimum atomic E-state index is -0.695. The Morgan fingerprint density at radius 3 is 2.30 bits per heavy atom. The van der Waals surface area contributed by atoms with E-state index in [0.29, 0.717) is 5.56 Å². The molecule has 0 radical (unpaired) electrons. The van der Waals surface area contributed by atoms with Gasteiger partial charge in [-0.3, -0.25) is 19.7 Å². The third-order valence-electron chi connectivity index (χ3n) is 5.34. The molecule has 37 heavy (non-hydrogen) atoms. The quantitative estimate of drug-likeness (QED) is 0.242. The Morgan fingerprint density at radius 1 is 1.05 bits per heavy atom. The Bertz CT molecular complexity index is 1460. The molecule has 4 rings (SSSR count). The monoisotopic (exact) mass is 557 g/mol. The van der Waals surface area contributed by atoms with Crippen LogP contribution in [0.2, 0.25) is 15.1 Å². The molecule has 9 nitrogen and oxygen atoms in total. The minimum Gasteiger partial charge on any atom is -0.378 e. The maximum absolute atomic E-state index is 13.5. The predicted molar refractivity (Wildman–Crippen MR) is 146 cm³/mol. The van der Waals surface area contributed by atoms with Crippen LogP contribution in [0.15, 0.2) is 71.3 Å². The Morgan fingerprint density at radius 2 is 1.70 bits per heavy atom. The molecule has 0 fully saturated rings. The lowest BCUT2D eigenvalue weighted by Crippen LogP contribution is -2.31. The summed E-state index contributed by atoms with van der Waals surface area (Å²) in [5.74, 6) is -1.38. The van der Waals surface area contributed by atoms with Gasteiger partial charge in [0.2, 0.25) is 0 Å². The second kappa shape index (κ2) is 10.6. The molecule has 3 aromatic rings. The average molecular weight is 559 g/mol. The summed E-state index contributed by atoms with van der Waals surface area (Å²) in [7, 11) is 3.80. The van der Waals surface area contributed by atoms with E-state index >= 15 is 0 Å². The van der Waals surface area contributed by atoms with Crippen LogP contribution in [0.1, 0.15) is 15.9 Å². The van der Waals surface area contributed by atoms with Gasteiger partial charge in [0, 0.05) is 42.5 Å². The molecule has 3 aromatic carbocycles. The van der Waals surface area contributed by atoms with Crippen molar-refractivity contribution in [3.05, 3.63) is 103 Å². The van der Waals surface area contributed by atoms with Crippen molar-refractivity contribution in [2.45, 2.75) is 0 Å². The zero-order valence-electron chi connectivity index (χ0n) is 19.4. The van der Waals surface area contributed by atoms with Gasteiger partial charge in [0.1, 0.15) is 5.69 Å². The second-order valence-electron chi connectivity index (χ2n) is 8.09. The van der Waals surface area contributed by atoms with E-state index < -0.39 is 16.7 Å². The van der Waals surface area contributed by atoms with E-state index in [1.807, 2.05) is 31.1 Å². The molecule has 2 amide bonds. The molecule has 0 bridgehead atoms. The van der Waals surface area contributed by atoms with E-state index in [1.165, 1.54) is 30.3 Å². The van der Waals surface area contributed by atoms with E-state index in [1.54, 1.807) is 18.2 Å². The highest BCUT2D eigenvalue weighted by Gasteiger charge is 2.35. The molecule has 0 aromatic heterocycles. The first kappa shape index (κ1) is 26.2. The van der Waals surface area contributed by atoms with Crippen molar-refractivity contribution in [1.82, 2.24) is 5.32 Å². The van der Waals surface area contributed by atoms with Gasteiger partial charge in [0.15, 0.2) is 5.84 Å². The van der Waals surface area contributed by atoms with Crippen LogP contribution in [0.25, 0.3) is 6.08 Å². The van der Waals surface area contributed by atoms with Crippen molar-refractivity contribution >= 4 is 75.6 Å². The number of benzene rings is 3. The van der Waals surface area contributed by atoms with Crippen LogP contribution in [0.4, 0.5) is 17.1 Å². The van der Waals surface area contributed by atoms with Crippen LogP contribution in [0.3, 0.4) is 0 Å². The van der Waals surface area contributed by atoms with Crippen molar-refractivity contribution in [1.29, 1.82) is 0 Å². The lowest BCUT2D eigenvalue weighted by Gasteiger charge is -2.15. The van der Waals surface area contributed by atoms with Gasteiger partial charge in [-0.05, 0) is 42.0 Å². The fourth-order valence-electron chi connectivity index (χ4n) is 3.50. The van der Waals surface area contributed by atoms with Crippen LogP contribution in [-0.4, -0.2) is 36.7 Å². The van der Waals surface area contributed by atoms with E-state index in [2.05, 4.69) is 10.4 Å². The summed E-state index contributed by atoms with van der Waals surface area (Å²) in [5.41, 5.74) is 1.52. The van der Waals surface area contributed by atoms with Crippen molar-refractivity contribution in [2.75, 3.05) is 24.0 Å². The summed E-state index contributed by atoms with van der Waals surface area (Å²) in [6.07, 6.45) is 1.56. The zero-order valence-corrected chi connectivity index (χ0v) is 21.7. The molecule has 1 heterocycles. The maximum atomic E-state index is 13.5. The van der Waals surface area contributed by atoms with E-state index in [0.717, 1.165) is 16.8 Å². The van der Waals surface area contributed by atoms with Gasteiger partial charge in [-0.2, -0.15) is 5.01 Å². The van der Waals surface area contributed by atoms with Crippen molar-refractivity contribution < 1.29 is 14.5 Å². The Labute approximate surface area is 226 Å². The summed E-state index contributed by atoms with van der Waals surface area (Å²) in [5, 5.41) is 19.4. The first-order valence-electron chi connectivity index (χ1n) is 10.7. The van der Waals surface area contributed by atoms with Gasteiger partial charge in [-0.15, -0.1) is 5.10 Å². The van der Waals surface area contributed by atoms with Gasteiger partial charge in [-0.1, -0.05) is 53.0 Å². The zero-order chi connectivity index (χ0) is 26.9. The average Bonchev–Trinajstić information content (AvgIpc) is 3.13. The second-order valence-corrected chi connectivity index (χ2v) is 9.34. The summed E-state index contributed by atoms with van der Waals surface area (Å²) in [6.45, 7) is 0. The topological polar surface area (TPSA) is 108 Å². The molecule has 0 spiro atoms. The number of carbonyl (C=O) groups excluding carboxylic acids is 2. The summed E-state index contributed by atoms with van der Waals surface area (Å²) in [4.78, 5) is 38.9. The highest BCUT2D eigenvalue weighted by atomic mass is 35.5. The molecular formula is C25H18Cl3N5O4. The number of hydrogen-bond donors (Lipinski definition) is 1. The predicted octanol–water partition coefficient (Wildman–Crippen LogP) is 5.79. The number of halogens is 3. The third-order valence-corrected chi connectivity index (χ3v) is 6.14. The van der Waals surface area contributed by atoms with Gasteiger partial charge in [-0.25, -0.2) is 0 Å². The number of amidine groups is 1. The molecule has 1 aliphatic rings. The number of hydrazone groups is 1. The lowest BCUT2D eigenvalue weighted by molar-refractivity contribution is -0.384. The molecule has 0 saturated carbocycles. The van der Waals surface area contributed by atoms with Crippen molar-refractivity contribution in [3.63, 3.8) is 0 Å². The number of nitro benzene ring substituents is 1. The van der Waals surface area contributed by atoms with E-state index in [4.69, 9.17) is 34.8 Å². The molecule has 0 saturated heterocycles. The molecule has 1 aliphatic heterocycles.